The Balaban J connectivity index is 2.10. The average Bonchev–Trinajstić information content (AvgIpc) is 2.86. The lowest BCUT2D eigenvalue weighted by Gasteiger charge is -2.01. The van der Waals surface area contributed by atoms with Gasteiger partial charge in [-0.25, -0.2) is 4.98 Å². The van der Waals surface area contributed by atoms with Crippen molar-refractivity contribution in [2.24, 2.45) is 5.16 Å². The number of hydrogen-bond acceptors (Lipinski definition) is 3. The van der Waals surface area contributed by atoms with E-state index in [2.05, 4.69) is 21.3 Å². The average molecular weight is 200 g/mol. The third-order valence-electron chi connectivity index (χ3n) is 2.56. The molecular formula is C11H10N3O. The van der Waals surface area contributed by atoms with Gasteiger partial charge in [-0.2, -0.15) is 0 Å². The molecule has 1 atom stereocenters. The summed E-state index contributed by atoms with van der Waals surface area (Å²) in [6, 6.07) is 6.07. The summed E-state index contributed by atoms with van der Waals surface area (Å²) < 4.78 is 0. The molecule has 1 aliphatic heterocycles. The summed E-state index contributed by atoms with van der Waals surface area (Å²) in [6.45, 7) is 2.05. The molecule has 75 valence electrons. The molecule has 1 aromatic heterocycles. The van der Waals surface area contributed by atoms with Crippen LogP contribution in [0.1, 0.15) is 23.9 Å². The topological polar surface area (TPSA) is 50.3 Å². The predicted octanol–water partition coefficient (Wildman–Crippen LogP) is 2.20. The summed E-state index contributed by atoms with van der Waals surface area (Å²) in [7, 11) is 0. The Hall–Kier alpha value is -1.84. The number of nitrogens with zero attached hydrogens (tertiary/aromatic N) is 2. The van der Waals surface area contributed by atoms with Gasteiger partial charge in [0.1, 0.15) is 6.21 Å². The number of aryl methyl sites for hydroxylation is 1. The number of rotatable bonds is 1. The van der Waals surface area contributed by atoms with E-state index in [1.807, 2.05) is 25.1 Å². The van der Waals surface area contributed by atoms with Gasteiger partial charge in [-0.3, -0.25) is 0 Å². The number of para-hydroxylation sites is 1. The predicted molar refractivity (Wildman–Crippen MR) is 56.7 cm³/mol. The quantitative estimate of drug-likeness (QED) is 0.767. The van der Waals surface area contributed by atoms with E-state index in [9.17, 15) is 0 Å². The van der Waals surface area contributed by atoms with E-state index >= 15 is 0 Å². The molecule has 0 saturated carbocycles. The maximum absolute atomic E-state index is 5.13. The molecule has 0 saturated heterocycles. The number of imidazole rings is 1. The van der Waals surface area contributed by atoms with Gasteiger partial charge in [-0.1, -0.05) is 17.3 Å². The Morgan fingerprint density at radius 3 is 3.20 bits per heavy atom. The lowest BCUT2D eigenvalue weighted by molar-refractivity contribution is 0.0800. The van der Waals surface area contributed by atoms with Gasteiger partial charge >= 0.3 is 0 Å². The molecule has 4 nitrogen and oxygen atoms in total. The van der Waals surface area contributed by atoms with Crippen LogP contribution in [0, 0.1) is 6.92 Å². The van der Waals surface area contributed by atoms with Crippen LogP contribution in [0.2, 0.25) is 0 Å². The number of H-pyrrole nitrogens is 1. The highest BCUT2D eigenvalue weighted by atomic mass is 16.6. The molecule has 15 heavy (non-hydrogen) atoms. The molecule has 2 aromatic rings. The van der Waals surface area contributed by atoms with Crippen LogP contribution >= 0.6 is 0 Å². The first-order chi connectivity index (χ1) is 7.34. The number of benzene rings is 1. The molecule has 4 heteroatoms. The van der Waals surface area contributed by atoms with E-state index < -0.39 is 0 Å². The molecule has 0 fully saturated rings. The summed E-state index contributed by atoms with van der Waals surface area (Å²) in [4.78, 5) is 12.9. The number of aromatic nitrogens is 2. The molecule has 0 amide bonds. The highest BCUT2D eigenvalue weighted by molar-refractivity contribution is 5.78. The van der Waals surface area contributed by atoms with Crippen molar-refractivity contribution >= 4 is 17.2 Å². The van der Waals surface area contributed by atoms with Crippen molar-refractivity contribution in [3.63, 3.8) is 0 Å². The van der Waals surface area contributed by atoms with Crippen molar-refractivity contribution in [2.45, 2.75) is 19.4 Å². The van der Waals surface area contributed by atoms with Crippen molar-refractivity contribution in [1.82, 2.24) is 9.97 Å². The van der Waals surface area contributed by atoms with Crippen LogP contribution in [0.3, 0.4) is 0 Å². The zero-order valence-corrected chi connectivity index (χ0v) is 8.32. The van der Waals surface area contributed by atoms with Crippen LogP contribution < -0.4 is 0 Å². The number of nitrogens with one attached hydrogen (secondary N) is 1. The molecule has 0 spiro atoms. The van der Waals surface area contributed by atoms with Crippen LogP contribution in [-0.4, -0.2) is 16.2 Å². The van der Waals surface area contributed by atoms with E-state index in [0.29, 0.717) is 6.42 Å². The van der Waals surface area contributed by atoms with Crippen LogP contribution in [0.5, 0.6) is 0 Å². The molecule has 1 aromatic carbocycles. The largest absolute Gasteiger partial charge is 0.384 e. The maximum Gasteiger partial charge on any atom is 0.190 e. The second-order valence-corrected chi connectivity index (χ2v) is 3.64. The minimum Gasteiger partial charge on any atom is -0.384 e. The Morgan fingerprint density at radius 1 is 1.53 bits per heavy atom. The Labute approximate surface area is 87.0 Å². The minimum atomic E-state index is -0.100. The fourth-order valence-electron chi connectivity index (χ4n) is 1.75. The van der Waals surface area contributed by atoms with Crippen molar-refractivity contribution in [2.75, 3.05) is 0 Å². The van der Waals surface area contributed by atoms with Gasteiger partial charge in [0.25, 0.3) is 0 Å². The molecule has 0 bridgehead atoms. The fraction of sp³-hybridized carbons (Fsp3) is 0.273. The summed E-state index contributed by atoms with van der Waals surface area (Å²) >= 11 is 0. The fourth-order valence-corrected chi connectivity index (χ4v) is 1.75. The summed E-state index contributed by atoms with van der Waals surface area (Å²) in [5.74, 6) is 0.827. The lowest BCUT2D eigenvalue weighted by atomic mass is 10.2. The summed E-state index contributed by atoms with van der Waals surface area (Å²) in [6.07, 6.45) is 3.34. The zero-order chi connectivity index (χ0) is 10.3. The normalized spacial score (nSPS) is 19.7. The zero-order valence-electron chi connectivity index (χ0n) is 8.32. The standard InChI is InChI=1S/C11H10N3O/c1-7-3-2-4-8-10(7)14-11(13-8)9-5-6-12-15-9/h2-4,9H,5H2,1H3,(H,13,14). The van der Waals surface area contributed by atoms with Crippen molar-refractivity contribution in [3.05, 3.63) is 29.6 Å². The maximum atomic E-state index is 5.13. The number of aromatic amines is 1. The monoisotopic (exact) mass is 200 g/mol. The van der Waals surface area contributed by atoms with Crippen molar-refractivity contribution in [3.8, 4) is 0 Å². The summed E-state index contributed by atoms with van der Waals surface area (Å²) in [5.41, 5.74) is 3.21. The van der Waals surface area contributed by atoms with Gasteiger partial charge in [0.05, 0.1) is 11.0 Å². The highest BCUT2D eigenvalue weighted by Gasteiger charge is 2.20. The number of fused-ring (bicyclic) bond motifs is 1. The Bertz CT molecular complexity index is 522. The van der Waals surface area contributed by atoms with Gasteiger partial charge in [0.15, 0.2) is 11.9 Å². The first-order valence-electron chi connectivity index (χ1n) is 4.88. The third kappa shape index (κ3) is 1.29. The van der Waals surface area contributed by atoms with Gasteiger partial charge in [0, 0.05) is 6.42 Å². The van der Waals surface area contributed by atoms with E-state index in [4.69, 9.17) is 4.84 Å². The molecule has 0 aliphatic carbocycles. The van der Waals surface area contributed by atoms with Crippen LogP contribution in [-0.2, 0) is 4.84 Å². The smallest absolute Gasteiger partial charge is 0.190 e. The number of hydrogen-bond donors (Lipinski definition) is 1. The minimum absolute atomic E-state index is 0.100. The molecule has 1 radical (unpaired) electrons. The van der Waals surface area contributed by atoms with Crippen molar-refractivity contribution in [1.29, 1.82) is 0 Å². The van der Waals surface area contributed by atoms with E-state index in [1.165, 1.54) is 0 Å². The van der Waals surface area contributed by atoms with Crippen molar-refractivity contribution < 1.29 is 4.84 Å². The third-order valence-corrected chi connectivity index (χ3v) is 2.56. The Kier molecular flexibility index (Phi) is 1.74. The highest BCUT2D eigenvalue weighted by Crippen LogP contribution is 2.25. The molecular weight excluding hydrogens is 190 g/mol. The van der Waals surface area contributed by atoms with Gasteiger partial charge in [0.2, 0.25) is 0 Å². The second-order valence-electron chi connectivity index (χ2n) is 3.64. The van der Waals surface area contributed by atoms with Gasteiger partial charge in [-0.15, -0.1) is 0 Å². The lowest BCUT2D eigenvalue weighted by Crippen LogP contribution is -1.97. The first-order valence-corrected chi connectivity index (χ1v) is 4.88. The Morgan fingerprint density at radius 2 is 2.47 bits per heavy atom. The first kappa shape index (κ1) is 8.47. The van der Waals surface area contributed by atoms with Crippen LogP contribution in [0.4, 0.5) is 0 Å². The van der Waals surface area contributed by atoms with Gasteiger partial charge in [-0.05, 0) is 18.6 Å². The molecule has 3 rings (SSSR count). The van der Waals surface area contributed by atoms with E-state index in [0.717, 1.165) is 22.4 Å². The molecule has 1 unspecified atom stereocenters. The molecule has 1 aliphatic rings. The van der Waals surface area contributed by atoms with E-state index in [-0.39, 0.29) is 6.10 Å². The van der Waals surface area contributed by atoms with Crippen LogP contribution in [0.15, 0.2) is 23.4 Å². The molecule has 2 heterocycles. The molecule has 1 N–H and O–H groups in total. The van der Waals surface area contributed by atoms with Gasteiger partial charge < -0.3 is 9.82 Å². The SMILES string of the molecule is Cc1cccc2[nH]c(C3C[C]=NO3)nc12. The van der Waals surface area contributed by atoms with E-state index in [1.54, 1.807) is 0 Å². The van der Waals surface area contributed by atoms with Crippen LogP contribution in [0.25, 0.3) is 11.0 Å². The summed E-state index contributed by atoms with van der Waals surface area (Å²) in [5, 5.41) is 3.62. The second kappa shape index (κ2) is 3.08.